The molecule has 2 aliphatic carbocycles. The Hall–Kier alpha value is -3.76. The van der Waals surface area contributed by atoms with E-state index in [1.54, 1.807) is 21.9 Å². The van der Waals surface area contributed by atoms with Gasteiger partial charge in [-0.15, -0.1) is 13.2 Å². The first-order valence-electron chi connectivity index (χ1n) is 11.6. The SMILES string of the molecule is O=C(O)COC(=O)N(C1CC1)C1c2ccccc2N(C(=O)c2ccc(OC(F)(F)F)cc2)C2CCC21. The minimum absolute atomic E-state index is 0.0611. The lowest BCUT2D eigenvalue weighted by Gasteiger charge is -2.55. The van der Waals surface area contributed by atoms with Crippen molar-refractivity contribution in [3.8, 4) is 5.75 Å². The van der Waals surface area contributed by atoms with Crippen LogP contribution in [-0.4, -0.2) is 53.0 Å². The third-order valence-electron chi connectivity index (χ3n) is 6.87. The summed E-state index contributed by atoms with van der Waals surface area (Å²) in [5.41, 5.74) is 1.58. The zero-order valence-electron chi connectivity index (χ0n) is 19.0. The molecule has 5 rings (SSSR count). The monoisotopic (exact) mass is 504 g/mol. The number of halogens is 3. The Labute approximate surface area is 204 Å². The van der Waals surface area contributed by atoms with Crippen molar-refractivity contribution < 1.29 is 42.1 Å². The number of carboxylic acids is 1. The van der Waals surface area contributed by atoms with Crippen molar-refractivity contribution in [3.63, 3.8) is 0 Å². The minimum atomic E-state index is -4.83. The summed E-state index contributed by atoms with van der Waals surface area (Å²) in [4.78, 5) is 40.8. The van der Waals surface area contributed by atoms with Crippen molar-refractivity contribution in [1.82, 2.24) is 4.90 Å². The lowest BCUT2D eigenvalue weighted by Crippen LogP contribution is -2.59. The van der Waals surface area contributed by atoms with E-state index in [9.17, 15) is 27.6 Å². The van der Waals surface area contributed by atoms with Crippen molar-refractivity contribution >= 4 is 23.7 Å². The van der Waals surface area contributed by atoms with Gasteiger partial charge in [-0.1, -0.05) is 18.2 Å². The fraction of sp³-hybridized carbons (Fsp3) is 0.400. The zero-order chi connectivity index (χ0) is 25.6. The van der Waals surface area contributed by atoms with Crippen LogP contribution >= 0.6 is 0 Å². The van der Waals surface area contributed by atoms with E-state index in [4.69, 9.17) is 9.84 Å². The molecule has 0 spiro atoms. The average Bonchev–Trinajstić information content (AvgIpc) is 3.63. The van der Waals surface area contributed by atoms with Gasteiger partial charge in [0.1, 0.15) is 5.75 Å². The molecule has 2 amide bonds. The highest BCUT2D eigenvalue weighted by Gasteiger charge is 2.54. The van der Waals surface area contributed by atoms with Gasteiger partial charge in [-0.3, -0.25) is 9.69 Å². The topological polar surface area (TPSA) is 96.4 Å². The number of aliphatic carboxylic acids is 1. The van der Waals surface area contributed by atoms with Gasteiger partial charge < -0.3 is 19.5 Å². The summed E-state index contributed by atoms with van der Waals surface area (Å²) in [5, 5.41) is 8.95. The van der Waals surface area contributed by atoms with Gasteiger partial charge >= 0.3 is 18.4 Å². The summed E-state index contributed by atoms with van der Waals surface area (Å²) in [6.45, 7) is -0.733. The highest BCUT2D eigenvalue weighted by atomic mass is 19.4. The van der Waals surface area contributed by atoms with Gasteiger partial charge in [-0.05, 0) is 61.6 Å². The molecule has 2 aromatic carbocycles. The number of carbonyl (C=O) groups is 3. The third kappa shape index (κ3) is 4.57. The maximum atomic E-state index is 13.6. The van der Waals surface area contributed by atoms with E-state index in [0.29, 0.717) is 12.1 Å². The second kappa shape index (κ2) is 9.03. The first-order valence-corrected chi connectivity index (χ1v) is 11.6. The number of fused-ring (bicyclic) bond motifs is 2. The van der Waals surface area contributed by atoms with Crippen LogP contribution in [0.1, 0.15) is 47.6 Å². The molecule has 0 aromatic heterocycles. The second-order valence-corrected chi connectivity index (χ2v) is 9.15. The molecule has 11 heteroatoms. The molecular weight excluding hydrogens is 481 g/mol. The summed E-state index contributed by atoms with van der Waals surface area (Å²) >= 11 is 0. The number of nitrogens with zero attached hydrogens (tertiary/aromatic N) is 2. The standard InChI is InChI=1S/C25H23F3N2O6/c26-25(27,28)36-16-9-5-14(6-10-16)23(33)30-19-4-2-1-3-17(19)22(18-11-12-20(18)30)29(15-7-8-15)24(34)35-13-21(31)32/h1-6,9-10,15,18,20,22H,7-8,11-13H2,(H,31,32). The molecular formula is C25H23F3N2O6. The van der Waals surface area contributed by atoms with Crippen LogP contribution in [0.4, 0.5) is 23.7 Å². The summed E-state index contributed by atoms with van der Waals surface area (Å²) in [6, 6.07) is 11.3. The van der Waals surface area contributed by atoms with Crippen LogP contribution in [0.3, 0.4) is 0 Å². The molecule has 1 aliphatic heterocycles. The van der Waals surface area contributed by atoms with Gasteiger partial charge in [0, 0.05) is 29.3 Å². The van der Waals surface area contributed by atoms with Crippen LogP contribution in [0.2, 0.25) is 0 Å². The number of carboxylic acid groups (broad SMARTS) is 1. The Morgan fingerprint density at radius 2 is 1.69 bits per heavy atom. The highest BCUT2D eigenvalue weighted by molar-refractivity contribution is 6.07. The van der Waals surface area contributed by atoms with E-state index in [2.05, 4.69) is 4.74 Å². The fourth-order valence-corrected chi connectivity index (χ4v) is 5.16. The molecule has 3 aliphatic rings. The predicted octanol–water partition coefficient (Wildman–Crippen LogP) is 4.75. The lowest BCUT2D eigenvalue weighted by atomic mass is 9.68. The van der Waals surface area contributed by atoms with E-state index in [1.807, 2.05) is 12.1 Å². The minimum Gasteiger partial charge on any atom is -0.479 e. The normalized spacial score (nSPS) is 22.5. The summed E-state index contributed by atoms with van der Waals surface area (Å²) in [7, 11) is 0. The molecule has 2 saturated carbocycles. The van der Waals surface area contributed by atoms with Crippen LogP contribution in [0.15, 0.2) is 48.5 Å². The molecule has 1 heterocycles. The van der Waals surface area contributed by atoms with Crippen LogP contribution < -0.4 is 9.64 Å². The Balaban J connectivity index is 1.46. The number of ether oxygens (including phenoxy) is 2. The molecule has 0 saturated heterocycles. The molecule has 2 fully saturated rings. The van der Waals surface area contributed by atoms with Gasteiger partial charge in [0.2, 0.25) is 0 Å². The Morgan fingerprint density at radius 1 is 1.00 bits per heavy atom. The molecule has 8 nitrogen and oxygen atoms in total. The highest BCUT2D eigenvalue weighted by Crippen LogP contribution is 2.54. The molecule has 36 heavy (non-hydrogen) atoms. The number of anilines is 1. The Bertz CT molecular complexity index is 1180. The van der Waals surface area contributed by atoms with Crippen molar-refractivity contribution in [2.75, 3.05) is 11.5 Å². The zero-order valence-corrected chi connectivity index (χ0v) is 19.0. The number of alkyl halides is 3. The van der Waals surface area contributed by atoms with Gasteiger partial charge in [0.25, 0.3) is 5.91 Å². The third-order valence-corrected chi connectivity index (χ3v) is 6.87. The number of hydrogen-bond donors (Lipinski definition) is 1. The summed E-state index contributed by atoms with van der Waals surface area (Å²) < 4.78 is 46.5. The maximum Gasteiger partial charge on any atom is 0.573 e. The Morgan fingerprint density at radius 3 is 2.28 bits per heavy atom. The Kier molecular flexibility index (Phi) is 6.01. The molecule has 0 radical (unpaired) electrons. The lowest BCUT2D eigenvalue weighted by molar-refractivity contribution is -0.274. The van der Waals surface area contributed by atoms with Crippen molar-refractivity contribution in [2.24, 2.45) is 5.92 Å². The van der Waals surface area contributed by atoms with Crippen LogP contribution in [-0.2, 0) is 9.53 Å². The number of rotatable bonds is 6. The number of carbonyl (C=O) groups excluding carboxylic acids is 2. The van der Waals surface area contributed by atoms with E-state index in [0.717, 1.165) is 37.0 Å². The first-order chi connectivity index (χ1) is 17.1. The van der Waals surface area contributed by atoms with E-state index in [-0.39, 0.29) is 35.5 Å². The summed E-state index contributed by atoms with van der Waals surface area (Å²) in [5.74, 6) is -2.11. The maximum absolute atomic E-state index is 13.6. The molecule has 190 valence electrons. The van der Waals surface area contributed by atoms with E-state index >= 15 is 0 Å². The number of benzene rings is 2. The molecule has 2 aromatic rings. The number of amides is 2. The fourth-order valence-electron chi connectivity index (χ4n) is 5.16. The van der Waals surface area contributed by atoms with Crippen LogP contribution in [0.5, 0.6) is 5.75 Å². The molecule has 3 atom stereocenters. The van der Waals surface area contributed by atoms with E-state index in [1.165, 1.54) is 12.1 Å². The molecule has 3 unspecified atom stereocenters. The quantitative estimate of drug-likeness (QED) is 0.610. The van der Waals surface area contributed by atoms with Crippen molar-refractivity contribution in [1.29, 1.82) is 0 Å². The van der Waals surface area contributed by atoms with Crippen LogP contribution in [0.25, 0.3) is 0 Å². The van der Waals surface area contributed by atoms with E-state index < -0.39 is 30.8 Å². The predicted molar refractivity (Wildman–Crippen MR) is 119 cm³/mol. The van der Waals surface area contributed by atoms with Crippen molar-refractivity contribution in [2.45, 2.75) is 50.2 Å². The van der Waals surface area contributed by atoms with Gasteiger partial charge in [-0.2, -0.15) is 0 Å². The smallest absolute Gasteiger partial charge is 0.479 e. The second-order valence-electron chi connectivity index (χ2n) is 9.15. The largest absolute Gasteiger partial charge is 0.573 e. The van der Waals surface area contributed by atoms with Gasteiger partial charge in [-0.25, -0.2) is 9.59 Å². The average molecular weight is 504 g/mol. The number of para-hydroxylation sites is 1. The van der Waals surface area contributed by atoms with Gasteiger partial charge in [0.05, 0.1) is 6.04 Å². The summed E-state index contributed by atoms with van der Waals surface area (Å²) in [6.07, 6.45) is -2.50. The first kappa shape index (κ1) is 24.0. The molecule has 1 N–H and O–H groups in total. The molecule has 0 bridgehead atoms. The van der Waals surface area contributed by atoms with Crippen LogP contribution in [0, 0.1) is 5.92 Å². The number of hydrogen-bond acceptors (Lipinski definition) is 5. The van der Waals surface area contributed by atoms with Crippen molar-refractivity contribution in [3.05, 3.63) is 59.7 Å². The van der Waals surface area contributed by atoms with Gasteiger partial charge in [0.15, 0.2) is 6.61 Å².